The Morgan fingerprint density at radius 1 is 1.08 bits per heavy atom. The number of halogens is 6. The second-order valence-corrected chi connectivity index (χ2v) is 5.65. The van der Waals surface area contributed by atoms with E-state index in [1.807, 2.05) is 0 Å². The molecule has 1 unspecified atom stereocenters. The molecular weight excluding hydrogens is 366 g/mol. The van der Waals surface area contributed by atoms with Gasteiger partial charge in [-0.1, -0.05) is 19.9 Å². The van der Waals surface area contributed by atoms with Gasteiger partial charge in [-0.3, -0.25) is 9.59 Å². The van der Waals surface area contributed by atoms with E-state index in [0.29, 0.717) is 6.20 Å². The Morgan fingerprint density at radius 2 is 1.69 bits per heavy atom. The first-order chi connectivity index (χ1) is 11.8. The number of ketones is 1. The number of alkyl halides is 6. The first kappa shape index (κ1) is 21.5. The van der Waals surface area contributed by atoms with Gasteiger partial charge < -0.3 is 10.6 Å². The summed E-state index contributed by atoms with van der Waals surface area (Å²) in [6.07, 6.45) is -8.71. The van der Waals surface area contributed by atoms with E-state index in [4.69, 9.17) is 0 Å². The number of carbonyl (C=O) groups is 2. The lowest BCUT2D eigenvalue weighted by molar-refractivity contribution is -0.165. The maximum absolute atomic E-state index is 12.7. The summed E-state index contributed by atoms with van der Waals surface area (Å²) in [4.78, 5) is 22.9. The highest BCUT2D eigenvalue weighted by atomic mass is 19.4. The fourth-order valence-electron chi connectivity index (χ4n) is 1.89. The molecule has 1 amide bonds. The lowest BCUT2D eigenvalue weighted by atomic mass is 10.0. The van der Waals surface area contributed by atoms with Gasteiger partial charge in [0.25, 0.3) is 5.78 Å². The van der Waals surface area contributed by atoms with Gasteiger partial charge in [-0.05, 0) is 24.1 Å². The van der Waals surface area contributed by atoms with Gasteiger partial charge in [0, 0.05) is 18.0 Å². The number of carbonyl (C=O) groups excluding carboxylic acids is 2. The molecule has 2 N–H and O–H groups in total. The predicted molar refractivity (Wildman–Crippen MR) is 82.0 cm³/mol. The number of amides is 1. The number of hydrogen-bond donors (Lipinski definition) is 2. The van der Waals surface area contributed by atoms with Crippen LogP contribution in [0.5, 0.6) is 0 Å². The van der Waals surface area contributed by atoms with Crippen molar-refractivity contribution in [3.05, 3.63) is 42.1 Å². The number of anilines is 1. The molecule has 0 aliphatic carbocycles. The van der Waals surface area contributed by atoms with Crippen LogP contribution < -0.4 is 10.6 Å². The Kier molecular flexibility index (Phi) is 6.82. The van der Waals surface area contributed by atoms with Gasteiger partial charge in [0.05, 0.1) is 5.56 Å². The van der Waals surface area contributed by atoms with Crippen LogP contribution in [0.3, 0.4) is 0 Å². The average Bonchev–Trinajstić information content (AvgIpc) is 2.49. The monoisotopic (exact) mass is 382 g/mol. The molecule has 26 heavy (non-hydrogen) atoms. The largest absolute Gasteiger partial charge is 0.454 e. The van der Waals surface area contributed by atoms with Crippen LogP contribution >= 0.6 is 0 Å². The van der Waals surface area contributed by atoms with E-state index >= 15 is 0 Å². The number of hydrogen-bond acceptors (Lipinski definition) is 3. The number of nitrogens with one attached hydrogen (secondary N) is 2. The molecule has 4 nitrogen and oxygen atoms in total. The first-order valence-corrected chi connectivity index (χ1v) is 7.34. The summed E-state index contributed by atoms with van der Waals surface area (Å²) in [5.74, 6) is -3.29. The minimum absolute atomic E-state index is 0.118. The fraction of sp³-hybridized carbons (Fsp3) is 0.375. The molecule has 1 rings (SSSR count). The normalized spacial score (nSPS) is 13.7. The number of benzene rings is 1. The Bertz CT molecular complexity index is 680. The van der Waals surface area contributed by atoms with E-state index in [1.165, 1.54) is 6.07 Å². The Morgan fingerprint density at radius 3 is 2.19 bits per heavy atom. The van der Waals surface area contributed by atoms with E-state index in [1.54, 1.807) is 13.8 Å². The highest BCUT2D eigenvalue weighted by Crippen LogP contribution is 2.30. The lowest BCUT2D eigenvalue weighted by Crippen LogP contribution is -2.42. The maximum Gasteiger partial charge on any atom is 0.454 e. The van der Waals surface area contributed by atoms with Gasteiger partial charge >= 0.3 is 12.4 Å². The fourth-order valence-corrected chi connectivity index (χ4v) is 1.89. The van der Waals surface area contributed by atoms with Gasteiger partial charge in [-0.2, -0.15) is 26.3 Å². The summed E-state index contributed by atoms with van der Waals surface area (Å²) < 4.78 is 74.4. The van der Waals surface area contributed by atoms with Crippen molar-refractivity contribution in [2.75, 3.05) is 5.32 Å². The van der Waals surface area contributed by atoms with Crippen LogP contribution in [0.25, 0.3) is 0 Å². The van der Waals surface area contributed by atoms with E-state index in [2.05, 4.69) is 10.6 Å². The van der Waals surface area contributed by atoms with E-state index in [9.17, 15) is 35.9 Å². The number of allylic oxidation sites excluding steroid dienone is 1. The molecule has 0 heterocycles. The van der Waals surface area contributed by atoms with Crippen molar-refractivity contribution in [2.24, 2.45) is 5.92 Å². The van der Waals surface area contributed by atoms with Gasteiger partial charge in [0.15, 0.2) is 0 Å². The SMILES string of the molecule is CC(C)C(N/C=C/C(=O)C(F)(F)F)C(=O)Nc1cccc(C(F)(F)F)c1. The maximum atomic E-state index is 12.7. The predicted octanol–water partition coefficient (Wildman–Crippen LogP) is 3.90. The van der Waals surface area contributed by atoms with Gasteiger partial charge in [-0.25, -0.2) is 0 Å². The molecule has 0 fully saturated rings. The summed E-state index contributed by atoms with van der Waals surface area (Å²) in [6, 6.07) is 2.85. The third kappa shape index (κ3) is 6.41. The quantitative estimate of drug-likeness (QED) is 0.580. The molecule has 0 aliphatic heterocycles. The van der Waals surface area contributed by atoms with Crippen molar-refractivity contribution in [3.8, 4) is 0 Å². The van der Waals surface area contributed by atoms with Crippen molar-refractivity contribution in [2.45, 2.75) is 32.2 Å². The third-order valence-corrected chi connectivity index (χ3v) is 3.20. The van der Waals surface area contributed by atoms with Crippen LogP contribution in [-0.4, -0.2) is 23.9 Å². The van der Waals surface area contributed by atoms with Crippen LogP contribution in [0.2, 0.25) is 0 Å². The molecule has 0 radical (unpaired) electrons. The molecule has 0 saturated heterocycles. The molecule has 0 bridgehead atoms. The van der Waals surface area contributed by atoms with Crippen molar-refractivity contribution in [1.29, 1.82) is 0 Å². The molecule has 1 aromatic rings. The van der Waals surface area contributed by atoms with Crippen molar-refractivity contribution < 1.29 is 35.9 Å². The van der Waals surface area contributed by atoms with Crippen LogP contribution in [-0.2, 0) is 15.8 Å². The molecule has 10 heteroatoms. The first-order valence-electron chi connectivity index (χ1n) is 7.34. The summed E-state index contributed by atoms with van der Waals surface area (Å²) >= 11 is 0. The zero-order valence-corrected chi connectivity index (χ0v) is 13.7. The molecule has 0 spiro atoms. The molecule has 1 atom stereocenters. The third-order valence-electron chi connectivity index (χ3n) is 3.20. The minimum atomic E-state index is -5.04. The van der Waals surface area contributed by atoms with Gasteiger partial charge in [-0.15, -0.1) is 0 Å². The zero-order chi connectivity index (χ0) is 20.1. The Labute approximate surface area is 145 Å². The molecule has 0 aliphatic rings. The molecular formula is C16H16F6N2O2. The lowest BCUT2D eigenvalue weighted by Gasteiger charge is -2.21. The summed E-state index contributed by atoms with van der Waals surface area (Å²) in [6.45, 7) is 3.14. The standard InChI is InChI=1S/C16H16F6N2O2/c1-9(2)13(23-7-6-12(25)16(20,21)22)14(26)24-11-5-3-4-10(8-11)15(17,18)19/h3-9,13,23H,1-2H3,(H,24,26)/b7-6+. The van der Waals surface area contributed by atoms with Gasteiger partial charge in [0.2, 0.25) is 5.91 Å². The van der Waals surface area contributed by atoms with E-state index < -0.39 is 41.6 Å². The minimum Gasteiger partial charge on any atom is -0.379 e. The second-order valence-electron chi connectivity index (χ2n) is 5.65. The molecule has 144 valence electrons. The van der Waals surface area contributed by atoms with Crippen LogP contribution in [0.15, 0.2) is 36.5 Å². The smallest absolute Gasteiger partial charge is 0.379 e. The van der Waals surface area contributed by atoms with Gasteiger partial charge in [0.1, 0.15) is 6.04 Å². The summed E-state index contributed by atoms with van der Waals surface area (Å²) in [7, 11) is 0. The van der Waals surface area contributed by atoms with Crippen LogP contribution in [0.1, 0.15) is 19.4 Å². The topological polar surface area (TPSA) is 58.2 Å². The highest BCUT2D eigenvalue weighted by molar-refractivity contribution is 5.96. The molecule has 0 saturated carbocycles. The molecule has 0 aromatic heterocycles. The Balaban J connectivity index is 2.84. The summed E-state index contributed by atoms with van der Waals surface area (Å²) in [5, 5.41) is 4.61. The van der Waals surface area contributed by atoms with Crippen molar-refractivity contribution in [3.63, 3.8) is 0 Å². The second kappa shape index (κ2) is 8.24. The van der Waals surface area contributed by atoms with Crippen molar-refractivity contribution >= 4 is 17.4 Å². The molecule has 1 aromatic carbocycles. The van der Waals surface area contributed by atoms with Crippen LogP contribution in [0, 0.1) is 5.92 Å². The summed E-state index contributed by atoms with van der Waals surface area (Å²) in [5.41, 5.74) is -1.08. The van der Waals surface area contributed by atoms with E-state index in [0.717, 1.165) is 18.2 Å². The van der Waals surface area contributed by atoms with Crippen LogP contribution in [0.4, 0.5) is 32.0 Å². The highest BCUT2D eigenvalue weighted by Gasteiger charge is 2.36. The van der Waals surface area contributed by atoms with Crippen molar-refractivity contribution in [1.82, 2.24) is 5.32 Å². The average molecular weight is 382 g/mol. The zero-order valence-electron chi connectivity index (χ0n) is 13.7. The number of rotatable bonds is 6. The van der Waals surface area contributed by atoms with E-state index in [-0.39, 0.29) is 11.8 Å². The Hall–Kier alpha value is -2.52.